The Morgan fingerprint density at radius 3 is 2.78 bits per heavy atom. The average molecular weight is 157 g/mol. The Morgan fingerprint density at radius 2 is 2.44 bits per heavy atom. The van der Waals surface area contributed by atoms with Crippen molar-refractivity contribution in [2.24, 2.45) is 0 Å². The van der Waals surface area contributed by atoms with Crippen LogP contribution in [0.4, 0.5) is 0 Å². The zero-order valence-electron chi connectivity index (χ0n) is 4.66. The van der Waals surface area contributed by atoms with Crippen molar-refractivity contribution in [1.29, 1.82) is 5.26 Å². The number of hydrogen-bond donors (Lipinski definition) is 0. The van der Waals surface area contributed by atoms with Crippen LogP contribution in [0.5, 0.6) is 0 Å². The van der Waals surface area contributed by atoms with Gasteiger partial charge in [0.1, 0.15) is 6.07 Å². The quantitative estimate of drug-likeness (QED) is 0.573. The van der Waals surface area contributed by atoms with Gasteiger partial charge < -0.3 is 0 Å². The molecule has 0 saturated heterocycles. The van der Waals surface area contributed by atoms with Gasteiger partial charge in [-0.25, -0.2) is 0 Å². The topological polar surface area (TPSA) is 49.6 Å². The van der Waals surface area contributed by atoms with Gasteiger partial charge >= 0.3 is 0 Å². The largest absolute Gasteiger partial charge is 0.218 e. The number of thioether (sulfide) groups is 1. The highest BCUT2D eigenvalue weighted by molar-refractivity contribution is 8.00. The molecule has 1 rings (SSSR count). The van der Waals surface area contributed by atoms with Crippen LogP contribution in [-0.4, -0.2) is 16.5 Å². The Morgan fingerprint density at radius 1 is 1.67 bits per heavy atom. The summed E-state index contributed by atoms with van der Waals surface area (Å²) in [6, 6.07) is 1.91. The molecule has 0 aliphatic carbocycles. The van der Waals surface area contributed by atoms with Crippen molar-refractivity contribution in [1.82, 2.24) is 10.2 Å². The third-order valence-corrected chi connectivity index (χ3v) is 2.48. The Hall–Kier alpha value is -0.600. The van der Waals surface area contributed by atoms with Crippen LogP contribution >= 0.6 is 23.1 Å². The molecule has 0 amide bonds. The van der Waals surface area contributed by atoms with Crippen molar-refractivity contribution in [3.05, 3.63) is 5.01 Å². The van der Waals surface area contributed by atoms with Crippen LogP contribution in [0, 0.1) is 11.3 Å². The molecule has 1 aromatic heterocycles. The van der Waals surface area contributed by atoms with Crippen LogP contribution in [0.25, 0.3) is 0 Å². The first-order valence-corrected chi connectivity index (χ1v) is 4.18. The second-order valence-electron chi connectivity index (χ2n) is 1.19. The van der Waals surface area contributed by atoms with Crippen LogP contribution in [-0.2, 0) is 0 Å². The maximum absolute atomic E-state index is 8.30. The number of nitrogens with zero attached hydrogens (tertiary/aromatic N) is 3. The molecule has 0 aliphatic heterocycles. The molecule has 0 spiro atoms. The SMILES string of the molecule is CSc1nnc(C#N)s1. The van der Waals surface area contributed by atoms with E-state index in [1.165, 1.54) is 23.1 Å². The van der Waals surface area contributed by atoms with Crippen molar-refractivity contribution >= 4 is 23.1 Å². The third kappa shape index (κ3) is 1.40. The van der Waals surface area contributed by atoms with E-state index >= 15 is 0 Å². The normalized spacial score (nSPS) is 8.89. The van der Waals surface area contributed by atoms with Crippen LogP contribution < -0.4 is 0 Å². The Bertz CT molecular complexity index is 236. The smallest absolute Gasteiger partial charge is 0.190 e. The van der Waals surface area contributed by atoms with E-state index < -0.39 is 0 Å². The summed E-state index contributed by atoms with van der Waals surface area (Å²) in [5.41, 5.74) is 0. The van der Waals surface area contributed by atoms with Gasteiger partial charge in [-0.05, 0) is 6.26 Å². The van der Waals surface area contributed by atoms with Gasteiger partial charge in [0, 0.05) is 0 Å². The van der Waals surface area contributed by atoms with Crippen molar-refractivity contribution in [2.45, 2.75) is 4.34 Å². The fourth-order valence-electron chi connectivity index (χ4n) is 0.337. The minimum Gasteiger partial charge on any atom is -0.190 e. The summed E-state index contributed by atoms with van der Waals surface area (Å²) in [6.07, 6.45) is 1.90. The molecule has 0 bridgehead atoms. The lowest BCUT2D eigenvalue weighted by molar-refractivity contribution is 1.00. The molecule has 1 aromatic rings. The summed E-state index contributed by atoms with van der Waals surface area (Å²) in [5.74, 6) is 0. The molecule has 1 heterocycles. The predicted octanol–water partition coefficient (Wildman–Crippen LogP) is 1.13. The molecular formula is C4H3N3S2. The van der Waals surface area contributed by atoms with E-state index in [4.69, 9.17) is 5.26 Å². The number of hydrogen-bond acceptors (Lipinski definition) is 5. The van der Waals surface area contributed by atoms with E-state index in [0.29, 0.717) is 5.01 Å². The first-order valence-electron chi connectivity index (χ1n) is 2.14. The maximum Gasteiger partial charge on any atom is 0.218 e. The first kappa shape index (κ1) is 6.52. The summed E-state index contributed by atoms with van der Waals surface area (Å²) >= 11 is 2.81. The lowest BCUT2D eigenvalue weighted by Crippen LogP contribution is -1.69. The van der Waals surface area contributed by atoms with E-state index in [2.05, 4.69) is 10.2 Å². The molecular weight excluding hydrogens is 154 g/mol. The molecule has 0 atom stereocenters. The van der Waals surface area contributed by atoms with Gasteiger partial charge in [0.2, 0.25) is 5.01 Å². The lowest BCUT2D eigenvalue weighted by Gasteiger charge is -1.74. The van der Waals surface area contributed by atoms with Crippen molar-refractivity contribution < 1.29 is 0 Å². The fourth-order valence-corrected chi connectivity index (χ4v) is 1.40. The minimum atomic E-state index is 0.430. The summed E-state index contributed by atoms with van der Waals surface area (Å²) in [7, 11) is 0. The summed E-state index contributed by atoms with van der Waals surface area (Å²) in [6.45, 7) is 0. The van der Waals surface area contributed by atoms with Gasteiger partial charge in [-0.1, -0.05) is 23.1 Å². The molecule has 0 unspecified atom stereocenters. The summed E-state index contributed by atoms with van der Waals surface area (Å²) in [5, 5.41) is 16.0. The molecule has 0 fully saturated rings. The highest BCUT2D eigenvalue weighted by atomic mass is 32.2. The molecule has 0 aliphatic rings. The van der Waals surface area contributed by atoms with Crippen LogP contribution in [0.15, 0.2) is 4.34 Å². The highest BCUT2D eigenvalue weighted by Gasteiger charge is 1.98. The molecule has 5 heteroatoms. The summed E-state index contributed by atoms with van der Waals surface area (Å²) < 4.78 is 0.839. The van der Waals surface area contributed by atoms with Gasteiger partial charge in [0.05, 0.1) is 0 Å². The second kappa shape index (κ2) is 2.80. The Balaban J connectivity index is 2.90. The maximum atomic E-state index is 8.30. The van der Waals surface area contributed by atoms with Gasteiger partial charge in [-0.2, -0.15) is 5.26 Å². The molecule has 3 nitrogen and oxygen atoms in total. The van der Waals surface area contributed by atoms with Crippen LogP contribution in [0.2, 0.25) is 0 Å². The van der Waals surface area contributed by atoms with E-state index in [0.717, 1.165) is 4.34 Å². The minimum absolute atomic E-state index is 0.430. The molecule has 0 aromatic carbocycles. The Kier molecular flexibility index (Phi) is 2.03. The van der Waals surface area contributed by atoms with Gasteiger partial charge in [0.15, 0.2) is 4.34 Å². The van der Waals surface area contributed by atoms with Gasteiger partial charge in [-0.3, -0.25) is 0 Å². The first-order chi connectivity index (χ1) is 4.36. The van der Waals surface area contributed by atoms with E-state index in [9.17, 15) is 0 Å². The van der Waals surface area contributed by atoms with Crippen molar-refractivity contribution in [3.63, 3.8) is 0 Å². The van der Waals surface area contributed by atoms with Gasteiger partial charge in [-0.15, -0.1) is 10.2 Å². The van der Waals surface area contributed by atoms with E-state index in [1.54, 1.807) is 0 Å². The Labute approximate surface area is 60.7 Å². The molecule has 46 valence electrons. The van der Waals surface area contributed by atoms with Crippen LogP contribution in [0.1, 0.15) is 5.01 Å². The monoisotopic (exact) mass is 157 g/mol. The average Bonchev–Trinajstić information content (AvgIpc) is 2.34. The van der Waals surface area contributed by atoms with Crippen molar-refractivity contribution in [2.75, 3.05) is 6.26 Å². The molecule has 9 heavy (non-hydrogen) atoms. The summed E-state index contributed by atoms with van der Waals surface area (Å²) in [4.78, 5) is 0. The number of aromatic nitrogens is 2. The van der Waals surface area contributed by atoms with E-state index in [-0.39, 0.29) is 0 Å². The molecule has 0 saturated carbocycles. The predicted molar refractivity (Wildman–Crippen MR) is 36.4 cm³/mol. The van der Waals surface area contributed by atoms with Crippen LogP contribution in [0.3, 0.4) is 0 Å². The zero-order valence-corrected chi connectivity index (χ0v) is 6.29. The zero-order chi connectivity index (χ0) is 6.69. The van der Waals surface area contributed by atoms with Gasteiger partial charge in [0.25, 0.3) is 0 Å². The highest BCUT2D eigenvalue weighted by Crippen LogP contribution is 2.18. The standard InChI is InChI=1S/C4H3N3S2/c1-8-4-7-6-3(2-5)9-4/h1H3. The second-order valence-corrected chi connectivity index (χ2v) is 3.22. The third-order valence-electron chi connectivity index (χ3n) is 0.677. The molecule has 0 radical (unpaired) electrons. The van der Waals surface area contributed by atoms with Crippen molar-refractivity contribution in [3.8, 4) is 6.07 Å². The molecule has 0 N–H and O–H groups in total. The number of rotatable bonds is 1. The fraction of sp³-hybridized carbons (Fsp3) is 0.250. The lowest BCUT2D eigenvalue weighted by atomic mass is 10.8. The van der Waals surface area contributed by atoms with E-state index in [1.807, 2.05) is 12.3 Å². The number of nitriles is 1.